The Morgan fingerprint density at radius 3 is 2.46 bits per heavy atom. The van der Waals surface area contributed by atoms with Gasteiger partial charge in [-0.2, -0.15) is 0 Å². The number of fused-ring (bicyclic) bond motifs is 1. The van der Waals surface area contributed by atoms with E-state index in [0.29, 0.717) is 11.1 Å². The standard InChI is InChI=1S/C22H24N2O2/c1-22(2,3)17-11-9-15(10-12-17)19(25)14-24-21(26)18-8-4-6-16-7-5-13-23-20(16)18/h4-13,19,25H,14H2,1-3H3,(H,24,26). The van der Waals surface area contributed by atoms with Crippen LogP contribution in [0.25, 0.3) is 10.9 Å². The number of aliphatic hydroxyl groups excluding tert-OH is 1. The van der Waals surface area contributed by atoms with Crippen LogP contribution in [0.5, 0.6) is 0 Å². The lowest BCUT2D eigenvalue weighted by atomic mass is 9.86. The maximum Gasteiger partial charge on any atom is 0.253 e. The SMILES string of the molecule is CC(C)(C)c1ccc(C(O)CNC(=O)c2cccc3cccnc23)cc1. The first-order valence-electron chi connectivity index (χ1n) is 8.77. The number of amides is 1. The van der Waals surface area contributed by atoms with E-state index < -0.39 is 6.10 Å². The maximum absolute atomic E-state index is 12.5. The third-order valence-corrected chi connectivity index (χ3v) is 4.49. The highest BCUT2D eigenvalue weighted by Crippen LogP contribution is 2.24. The summed E-state index contributed by atoms with van der Waals surface area (Å²) in [6.07, 6.45) is 0.918. The molecular formula is C22H24N2O2. The van der Waals surface area contributed by atoms with Gasteiger partial charge in [-0.3, -0.25) is 9.78 Å². The molecule has 1 aromatic heterocycles. The van der Waals surface area contributed by atoms with E-state index in [2.05, 4.69) is 31.1 Å². The second-order valence-electron chi connectivity index (χ2n) is 7.48. The molecule has 0 saturated carbocycles. The van der Waals surface area contributed by atoms with Crippen LogP contribution in [0.1, 0.15) is 48.4 Å². The Bertz CT molecular complexity index is 906. The summed E-state index contributed by atoms with van der Waals surface area (Å²) in [6.45, 7) is 6.60. The van der Waals surface area contributed by atoms with Crippen molar-refractivity contribution in [1.82, 2.24) is 10.3 Å². The highest BCUT2D eigenvalue weighted by atomic mass is 16.3. The summed E-state index contributed by atoms with van der Waals surface area (Å²) in [5.41, 5.74) is 3.24. The number of para-hydroxylation sites is 1. The number of hydrogen-bond acceptors (Lipinski definition) is 3. The molecular weight excluding hydrogens is 324 g/mol. The molecule has 3 rings (SSSR count). The smallest absolute Gasteiger partial charge is 0.253 e. The molecule has 0 aliphatic rings. The lowest BCUT2D eigenvalue weighted by Crippen LogP contribution is -2.28. The number of aromatic nitrogens is 1. The summed E-state index contributed by atoms with van der Waals surface area (Å²) < 4.78 is 0. The van der Waals surface area contributed by atoms with E-state index in [4.69, 9.17) is 0 Å². The minimum Gasteiger partial charge on any atom is -0.387 e. The zero-order valence-corrected chi connectivity index (χ0v) is 15.4. The van der Waals surface area contributed by atoms with Crippen LogP contribution in [0.2, 0.25) is 0 Å². The molecule has 0 fully saturated rings. The highest BCUT2D eigenvalue weighted by Gasteiger charge is 2.16. The largest absolute Gasteiger partial charge is 0.387 e. The van der Waals surface area contributed by atoms with Gasteiger partial charge >= 0.3 is 0 Å². The number of hydrogen-bond donors (Lipinski definition) is 2. The highest BCUT2D eigenvalue weighted by molar-refractivity contribution is 6.05. The van der Waals surface area contributed by atoms with Crippen molar-refractivity contribution in [3.8, 4) is 0 Å². The fraction of sp³-hybridized carbons (Fsp3) is 0.273. The van der Waals surface area contributed by atoms with Crippen LogP contribution in [0.3, 0.4) is 0 Å². The first-order valence-corrected chi connectivity index (χ1v) is 8.77. The van der Waals surface area contributed by atoms with Gasteiger partial charge in [-0.05, 0) is 28.7 Å². The van der Waals surface area contributed by atoms with Crippen LogP contribution in [-0.2, 0) is 5.41 Å². The number of nitrogens with zero attached hydrogens (tertiary/aromatic N) is 1. The van der Waals surface area contributed by atoms with E-state index in [9.17, 15) is 9.90 Å². The molecule has 2 N–H and O–H groups in total. The second kappa shape index (κ2) is 7.26. The molecule has 0 aliphatic heterocycles. The van der Waals surface area contributed by atoms with Crippen LogP contribution in [-0.4, -0.2) is 22.5 Å². The van der Waals surface area contributed by atoms with Crippen molar-refractivity contribution in [2.45, 2.75) is 32.3 Å². The lowest BCUT2D eigenvalue weighted by Gasteiger charge is -2.20. The number of carbonyl (C=O) groups excluding carboxylic acids is 1. The van der Waals surface area contributed by atoms with Crippen molar-refractivity contribution in [3.63, 3.8) is 0 Å². The average molecular weight is 348 g/mol. The monoisotopic (exact) mass is 348 g/mol. The first-order chi connectivity index (χ1) is 12.4. The molecule has 0 radical (unpaired) electrons. The first kappa shape index (κ1) is 18.1. The molecule has 0 saturated heterocycles. The normalized spacial score (nSPS) is 12.8. The number of nitrogens with one attached hydrogen (secondary N) is 1. The van der Waals surface area contributed by atoms with Gasteiger partial charge in [-0.25, -0.2) is 0 Å². The van der Waals surface area contributed by atoms with E-state index in [1.54, 1.807) is 12.3 Å². The molecule has 4 nitrogen and oxygen atoms in total. The molecule has 1 unspecified atom stereocenters. The molecule has 2 aromatic carbocycles. The quantitative estimate of drug-likeness (QED) is 0.749. The van der Waals surface area contributed by atoms with Crippen molar-refractivity contribution in [1.29, 1.82) is 0 Å². The minimum absolute atomic E-state index is 0.0685. The van der Waals surface area contributed by atoms with Crippen molar-refractivity contribution in [3.05, 3.63) is 77.5 Å². The average Bonchev–Trinajstić information content (AvgIpc) is 2.64. The Balaban J connectivity index is 1.69. The number of benzene rings is 2. The van der Waals surface area contributed by atoms with E-state index in [1.807, 2.05) is 48.5 Å². The number of pyridine rings is 1. The van der Waals surface area contributed by atoms with Crippen LogP contribution >= 0.6 is 0 Å². The van der Waals surface area contributed by atoms with E-state index in [1.165, 1.54) is 5.56 Å². The van der Waals surface area contributed by atoms with E-state index in [-0.39, 0.29) is 17.9 Å². The van der Waals surface area contributed by atoms with Crippen molar-refractivity contribution < 1.29 is 9.90 Å². The maximum atomic E-state index is 12.5. The van der Waals surface area contributed by atoms with Gasteiger partial charge in [-0.15, -0.1) is 0 Å². The van der Waals surface area contributed by atoms with Gasteiger partial charge < -0.3 is 10.4 Å². The molecule has 0 aliphatic carbocycles. The molecule has 26 heavy (non-hydrogen) atoms. The third-order valence-electron chi connectivity index (χ3n) is 4.49. The summed E-state index contributed by atoms with van der Waals surface area (Å²) in [6, 6.07) is 17.1. The molecule has 134 valence electrons. The van der Waals surface area contributed by atoms with Crippen molar-refractivity contribution in [2.24, 2.45) is 0 Å². The Kier molecular flexibility index (Phi) is 5.05. The zero-order chi connectivity index (χ0) is 18.7. The van der Waals surface area contributed by atoms with Crippen molar-refractivity contribution >= 4 is 16.8 Å². The Hall–Kier alpha value is -2.72. The Labute approximate surface area is 153 Å². The summed E-state index contributed by atoms with van der Waals surface area (Å²) >= 11 is 0. The second-order valence-corrected chi connectivity index (χ2v) is 7.48. The van der Waals surface area contributed by atoms with Gasteiger partial charge in [0.2, 0.25) is 0 Å². The van der Waals surface area contributed by atoms with E-state index >= 15 is 0 Å². The summed E-state index contributed by atoms with van der Waals surface area (Å²) in [5.74, 6) is -0.236. The molecule has 1 atom stereocenters. The Morgan fingerprint density at radius 1 is 1.08 bits per heavy atom. The van der Waals surface area contributed by atoms with Gasteiger partial charge in [0.25, 0.3) is 5.91 Å². The van der Waals surface area contributed by atoms with Crippen LogP contribution < -0.4 is 5.32 Å². The number of carbonyl (C=O) groups is 1. The van der Waals surface area contributed by atoms with E-state index in [0.717, 1.165) is 10.9 Å². The van der Waals surface area contributed by atoms with Crippen LogP contribution in [0, 0.1) is 0 Å². The fourth-order valence-corrected chi connectivity index (χ4v) is 2.90. The van der Waals surface area contributed by atoms with Gasteiger partial charge in [0.05, 0.1) is 17.2 Å². The van der Waals surface area contributed by atoms with Crippen LogP contribution in [0.4, 0.5) is 0 Å². The van der Waals surface area contributed by atoms with Gasteiger partial charge in [-0.1, -0.05) is 63.2 Å². The van der Waals surface area contributed by atoms with Crippen molar-refractivity contribution in [2.75, 3.05) is 6.54 Å². The summed E-state index contributed by atoms with van der Waals surface area (Å²) in [4.78, 5) is 16.8. The fourth-order valence-electron chi connectivity index (χ4n) is 2.90. The number of aliphatic hydroxyl groups is 1. The van der Waals surface area contributed by atoms with Gasteiger partial charge in [0.1, 0.15) is 0 Å². The molecule has 0 spiro atoms. The zero-order valence-electron chi connectivity index (χ0n) is 15.4. The Morgan fingerprint density at radius 2 is 1.77 bits per heavy atom. The number of rotatable bonds is 4. The third kappa shape index (κ3) is 3.92. The van der Waals surface area contributed by atoms with Crippen LogP contribution in [0.15, 0.2) is 60.8 Å². The topological polar surface area (TPSA) is 62.2 Å². The minimum atomic E-state index is -0.754. The summed E-state index contributed by atoms with van der Waals surface area (Å²) in [5, 5.41) is 14.1. The molecule has 1 heterocycles. The van der Waals surface area contributed by atoms with Gasteiger partial charge in [0.15, 0.2) is 0 Å². The molecule has 1 amide bonds. The predicted octanol–water partition coefficient (Wildman–Crippen LogP) is 4.00. The van der Waals surface area contributed by atoms with Gasteiger partial charge in [0, 0.05) is 18.1 Å². The summed E-state index contributed by atoms with van der Waals surface area (Å²) in [7, 11) is 0. The predicted molar refractivity (Wildman–Crippen MR) is 104 cm³/mol. The lowest BCUT2D eigenvalue weighted by molar-refractivity contribution is 0.0918. The molecule has 3 aromatic rings. The molecule has 4 heteroatoms. The molecule has 0 bridgehead atoms.